The Kier molecular flexibility index (Phi) is 10.2. The number of hydrogen-bond acceptors (Lipinski definition) is 8. The van der Waals surface area contributed by atoms with Gasteiger partial charge in [0.05, 0.1) is 12.3 Å². The number of ether oxygens (including phenoxy) is 3. The van der Waals surface area contributed by atoms with Crippen molar-refractivity contribution in [3.05, 3.63) is 90.0 Å². The van der Waals surface area contributed by atoms with Gasteiger partial charge < -0.3 is 24.8 Å². The van der Waals surface area contributed by atoms with Gasteiger partial charge in [0, 0.05) is 12.6 Å². The van der Waals surface area contributed by atoms with Gasteiger partial charge in [0.25, 0.3) is 0 Å². The number of aromatic nitrogens is 2. The molecule has 37 heavy (non-hydrogen) atoms. The van der Waals surface area contributed by atoms with Crippen molar-refractivity contribution in [2.24, 2.45) is 0 Å². The van der Waals surface area contributed by atoms with Crippen LogP contribution < -0.4 is 10.6 Å². The van der Waals surface area contributed by atoms with E-state index in [1.54, 1.807) is 19.1 Å². The molecule has 0 aliphatic heterocycles. The Labute approximate surface area is 213 Å². The maximum Gasteiger partial charge on any atom is 0.419 e. The molecule has 2 N–H and O–H groups in total. The molecule has 3 rings (SSSR count). The van der Waals surface area contributed by atoms with E-state index in [1.165, 1.54) is 12.5 Å². The highest BCUT2D eigenvalue weighted by Crippen LogP contribution is 2.07. The molecule has 11 nitrogen and oxygen atoms in total. The van der Waals surface area contributed by atoms with Crippen molar-refractivity contribution in [2.45, 2.75) is 32.6 Å². The molecule has 0 saturated carbocycles. The fraction of sp³-hybridized carbons (Fsp3) is 0.269. The van der Waals surface area contributed by atoms with Gasteiger partial charge >= 0.3 is 18.2 Å². The summed E-state index contributed by atoms with van der Waals surface area (Å²) in [5.74, 6) is -1.27. The molecule has 0 bridgehead atoms. The van der Waals surface area contributed by atoms with Gasteiger partial charge in [0.15, 0.2) is 0 Å². The number of alkyl carbamates (subject to hydrolysis) is 1. The number of carbonyl (C=O) groups is 4. The molecule has 0 saturated heterocycles. The Bertz CT molecular complexity index is 1180. The highest BCUT2D eigenvalue weighted by Gasteiger charge is 2.24. The topological polar surface area (TPSA) is 138 Å². The van der Waals surface area contributed by atoms with Crippen LogP contribution in [0.3, 0.4) is 0 Å². The van der Waals surface area contributed by atoms with Crippen molar-refractivity contribution in [1.82, 2.24) is 20.2 Å². The summed E-state index contributed by atoms with van der Waals surface area (Å²) in [5.41, 5.74) is 1.93. The predicted molar refractivity (Wildman–Crippen MR) is 131 cm³/mol. The van der Waals surface area contributed by atoms with Gasteiger partial charge in [0.2, 0.25) is 5.91 Å². The van der Waals surface area contributed by atoms with Gasteiger partial charge in [-0.05, 0) is 18.1 Å². The number of hydrogen-bond donors (Lipinski definition) is 2. The first-order valence-electron chi connectivity index (χ1n) is 11.6. The molecular weight excluding hydrogens is 480 g/mol. The molecule has 194 valence electrons. The van der Waals surface area contributed by atoms with Crippen molar-refractivity contribution >= 4 is 24.1 Å². The molecule has 0 aliphatic rings. The summed E-state index contributed by atoms with van der Waals surface area (Å²) < 4.78 is 16.4. The Morgan fingerprint density at radius 3 is 2.14 bits per heavy atom. The van der Waals surface area contributed by atoms with E-state index >= 15 is 0 Å². The third kappa shape index (κ3) is 9.13. The van der Waals surface area contributed by atoms with E-state index in [4.69, 9.17) is 14.2 Å². The number of imidazole rings is 1. The average molecular weight is 509 g/mol. The van der Waals surface area contributed by atoms with E-state index in [-0.39, 0.29) is 32.8 Å². The molecular formula is C26H28N4O7. The molecule has 3 aromatic rings. The van der Waals surface area contributed by atoms with E-state index in [2.05, 4.69) is 15.6 Å². The fourth-order valence-electron chi connectivity index (χ4n) is 3.18. The van der Waals surface area contributed by atoms with Gasteiger partial charge in [-0.2, -0.15) is 0 Å². The van der Waals surface area contributed by atoms with E-state index < -0.39 is 30.1 Å². The zero-order valence-electron chi connectivity index (χ0n) is 20.3. The van der Waals surface area contributed by atoms with Crippen LogP contribution in [-0.4, -0.2) is 52.8 Å². The molecule has 2 aromatic carbocycles. The van der Waals surface area contributed by atoms with Crippen molar-refractivity contribution in [2.75, 3.05) is 13.2 Å². The first-order valence-corrected chi connectivity index (χ1v) is 11.6. The summed E-state index contributed by atoms with van der Waals surface area (Å²) in [4.78, 5) is 53.3. The highest BCUT2D eigenvalue weighted by atomic mass is 16.6. The van der Waals surface area contributed by atoms with Crippen molar-refractivity contribution < 1.29 is 33.4 Å². The summed E-state index contributed by atoms with van der Waals surface area (Å²) in [7, 11) is 0. The summed E-state index contributed by atoms with van der Waals surface area (Å²) in [6, 6.07) is 17.1. The molecule has 0 unspecified atom stereocenters. The number of carbonyl (C=O) groups excluding carboxylic acids is 4. The minimum atomic E-state index is -1.14. The maximum absolute atomic E-state index is 12.8. The Balaban J connectivity index is 1.61. The van der Waals surface area contributed by atoms with Gasteiger partial charge in [-0.25, -0.2) is 19.1 Å². The van der Waals surface area contributed by atoms with Crippen molar-refractivity contribution in [3.8, 4) is 0 Å². The van der Waals surface area contributed by atoms with Crippen LogP contribution in [0.1, 0.15) is 23.7 Å². The second-order valence-electron chi connectivity index (χ2n) is 7.80. The molecule has 0 aliphatic carbocycles. The lowest BCUT2D eigenvalue weighted by Gasteiger charge is -2.17. The molecule has 1 heterocycles. The fourth-order valence-corrected chi connectivity index (χ4v) is 3.18. The Morgan fingerprint density at radius 1 is 0.892 bits per heavy atom. The monoisotopic (exact) mass is 508 g/mol. The van der Waals surface area contributed by atoms with Crippen LogP contribution in [0, 0.1) is 0 Å². The first kappa shape index (κ1) is 26.9. The summed E-state index contributed by atoms with van der Waals surface area (Å²) in [5, 5.41) is 4.91. The first-order chi connectivity index (χ1) is 17.9. The lowest BCUT2D eigenvalue weighted by Crippen LogP contribution is -2.49. The Morgan fingerprint density at radius 2 is 1.51 bits per heavy atom. The number of nitrogens with one attached hydrogen (secondary N) is 2. The molecule has 0 radical (unpaired) electrons. The van der Waals surface area contributed by atoms with Gasteiger partial charge in [0.1, 0.15) is 32.1 Å². The lowest BCUT2D eigenvalue weighted by molar-refractivity contribution is -0.143. The van der Waals surface area contributed by atoms with Crippen LogP contribution in [0.2, 0.25) is 0 Å². The third-order valence-corrected chi connectivity index (χ3v) is 5.00. The second kappa shape index (κ2) is 14.0. The van der Waals surface area contributed by atoms with E-state index in [0.29, 0.717) is 5.69 Å². The zero-order chi connectivity index (χ0) is 26.5. The van der Waals surface area contributed by atoms with Gasteiger partial charge in [-0.3, -0.25) is 9.59 Å². The van der Waals surface area contributed by atoms with Crippen LogP contribution in [0.5, 0.6) is 0 Å². The van der Waals surface area contributed by atoms with Crippen LogP contribution in [0.15, 0.2) is 73.2 Å². The van der Waals surface area contributed by atoms with E-state index in [0.717, 1.165) is 15.7 Å². The minimum absolute atomic E-state index is 0.00567. The molecule has 0 fully saturated rings. The molecule has 1 aromatic heterocycles. The molecule has 11 heteroatoms. The standard InChI is InChI=1S/C26H28N4O7/c1-2-35-23(31)14-27-24(32)22(29-25(33)36-16-19-9-5-3-6-10-19)13-21-15-30(18-28-21)26(34)37-17-20-11-7-4-8-12-20/h3-12,15,18,22H,2,13-14,16-17H2,1H3,(H,27,32)(H,29,33)/t22-/m0/s1. The number of nitrogens with zero attached hydrogens (tertiary/aromatic N) is 2. The number of benzene rings is 2. The van der Waals surface area contributed by atoms with Gasteiger partial charge in [-0.1, -0.05) is 60.7 Å². The van der Waals surface area contributed by atoms with Crippen LogP contribution in [-0.2, 0) is 43.4 Å². The predicted octanol–water partition coefficient (Wildman–Crippen LogP) is 2.58. The SMILES string of the molecule is CCOC(=O)CNC(=O)[C@H](Cc1cn(C(=O)OCc2ccccc2)cn1)NC(=O)OCc1ccccc1. The number of esters is 1. The minimum Gasteiger partial charge on any atom is -0.465 e. The summed E-state index contributed by atoms with van der Waals surface area (Å²) >= 11 is 0. The molecule has 0 spiro atoms. The zero-order valence-corrected chi connectivity index (χ0v) is 20.3. The van der Waals surface area contributed by atoms with Crippen LogP contribution in [0.25, 0.3) is 0 Å². The second-order valence-corrected chi connectivity index (χ2v) is 7.80. The Hall–Kier alpha value is -4.67. The average Bonchev–Trinajstić information content (AvgIpc) is 3.39. The number of rotatable bonds is 11. The summed E-state index contributed by atoms with van der Waals surface area (Å²) in [6.07, 6.45) is 1.09. The van der Waals surface area contributed by atoms with E-state index in [9.17, 15) is 19.2 Å². The van der Waals surface area contributed by atoms with E-state index in [1.807, 2.05) is 48.5 Å². The third-order valence-electron chi connectivity index (χ3n) is 5.00. The van der Waals surface area contributed by atoms with Crippen LogP contribution in [0.4, 0.5) is 9.59 Å². The van der Waals surface area contributed by atoms with Gasteiger partial charge in [-0.15, -0.1) is 0 Å². The lowest BCUT2D eigenvalue weighted by atomic mass is 10.1. The molecule has 1 atom stereocenters. The number of amides is 2. The molecule has 2 amide bonds. The quantitative estimate of drug-likeness (QED) is 0.298. The highest BCUT2D eigenvalue weighted by molar-refractivity contribution is 5.88. The largest absolute Gasteiger partial charge is 0.465 e. The summed E-state index contributed by atoms with van der Waals surface area (Å²) in [6.45, 7) is 1.53. The van der Waals surface area contributed by atoms with Crippen molar-refractivity contribution in [3.63, 3.8) is 0 Å². The smallest absolute Gasteiger partial charge is 0.419 e. The van der Waals surface area contributed by atoms with Crippen molar-refractivity contribution in [1.29, 1.82) is 0 Å². The maximum atomic E-state index is 12.8. The van der Waals surface area contributed by atoms with Crippen LogP contribution >= 0.6 is 0 Å². The normalized spacial score (nSPS) is 11.2.